The largest absolute Gasteiger partial charge is 0.312 e. The van der Waals surface area contributed by atoms with Crippen LogP contribution in [-0.2, 0) is 16.6 Å². The highest BCUT2D eigenvalue weighted by molar-refractivity contribution is 9.10. The summed E-state index contributed by atoms with van der Waals surface area (Å²) in [4.78, 5) is 0.462. The van der Waals surface area contributed by atoms with Crippen LogP contribution in [0.15, 0.2) is 72.4 Å². The Balaban J connectivity index is 2.14. The molecule has 0 unspecified atom stereocenters. The minimum absolute atomic E-state index is 0.253. The molecule has 0 N–H and O–H groups in total. The number of nitrogens with zero attached hydrogens (tertiary/aromatic N) is 2. The van der Waals surface area contributed by atoms with Gasteiger partial charge in [-0.3, -0.25) is 0 Å². The van der Waals surface area contributed by atoms with Crippen molar-refractivity contribution in [3.05, 3.63) is 68.6 Å². The molecule has 2 aromatic heterocycles. The molecular weight excluding hydrogens is 440 g/mol. The second kappa shape index (κ2) is 7.82. The number of hydrogen-bond acceptors (Lipinski definition) is 4. The molecule has 3 aromatic rings. The van der Waals surface area contributed by atoms with Gasteiger partial charge in [0, 0.05) is 16.4 Å². The lowest BCUT2D eigenvalue weighted by atomic mass is 10.2. The van der Waals surface area contributed by atoms with Crippen LogP contribution < -0.4 is 4.80 Å². The van der Waals surface area contributed by atoms with Crippen LogP contribution in [0, 0.1) is 0 Å². The highest BCUT2D eigenvalue weighted by Crippen LogP contribution is 2.23. The molecule has 0 aliphatic rings. The van der Waals surface area contributed by atoms with Crippen molar-refractivity contribution in [2.75, 3.05) is 0 Å². The zero-order valence-corrected chi connectivity index (χ0v) is 17.3. The number of benzene rings is 1. The summed E-state index contributed by atoms with van der Waals surface area (Å²) in [5, 5.41) is 3.67. The molecule has 4 nitrogen and oxygen atoms in total. The summed E-state index contributed by atoms with van der Waals surface area (Å²) in [6.07, 6.45) is 3.92. The van der Waals surface area contributed by atoms with E-state index in [1.807, 2.05) is 53.3 Å². The number of rotatable bonds is 5. The minimum atomic E-state index is -3.69. The van der Waals surface area contributed by atoms with Crippen LogP contribution in [0.3, 0.4) is 0 Å². The van der Waals surface area contributed by atoms with E-state index in [0.717, 1.165) is 15.7 Å². The van der Waals surface area contributed by atoms with Crippen molar-refractivity contribution in [2.45, 2.75) is 17.7 Å². The van der Waals surface area contributed by atoms with Gasteiger partial charge in [0.05, 0.1) is 5.69 Å². The molecule has 8 heteroatoms. The third-order valence-electron chi connectivity index (χ3n) is 3.41. The zero-order valence-electron chi connectivity index (χ0n) is 13.3. The first-order chi connectivity index (χ1) is 12.0. The predicted molar refractivity (Wildman–Crippen MR) is 107 cm³/mol. The van der Waals surface area contributed by atoms with Crippen molar-refractivity contribution in [3.8, 4) is 11.3 Å². The first-order valence-corrected chi connectivity index (χ1v) is 11.4. The van der Waals surface area contributed by atoms with E-state index in [1.165, 1.54) is 22.7 Å². The van der Waals surface area contributed by atoms with Gasteiger partial charge in [-0.2, -0.15) is 8.42 Å². The van der Waals surface area contributed by atoms with E-state index in [0.29, 0.717) is 11.3 Å². The van der Waals surface area contributed by atoms with Crippen LogP contribution in [0.5, 0.6) is 0 Å². The van der Waals surface area contributed by atoms with E-state index in [1.54, 1.807) is 17.5 Å². The van der Waals surface area contributed by atoms with Gasteiger partial charge in [0.25, 0.3) is 10.0 Å². The molecule has 1 aromatic carbocycles. The SMILES string of the molecule is C/C=C\Cn1c(-c2ccc(Br)cc2)csc1=NS(=O)(=O)c1cccs1. The lowest BCUT2D eigenvalue weighted by Crippen LogP contribution is -2.17. The van der Waals surface area contributed by atoms with Crippen LogP contribution in [-0.4, -0.2) is 13.0 Å². The molecule has 2 heterocycles. The van der Waals surface area contributed by atoms with Crippen molar-refractivity contribution in [1.82, 2.24) is 4.57 Å². The minimum Gasteiger partial charge on any atom is -0.312 e. The van der Waals surface area contributed by atoms with Crippen molar-refractivity contribution < 1.29 is 8.42 Å². The maximum atomic E-state index is 12.5. The number of hydrogen-bond donors (Lipinski definition) is 0. The van der Waals surface area contributed by atoms with Gasteiger partial charge in [0.2, 0.25) is 4.80 Å². The average molecular weight is 455 g/mol. The summed E-state index contributed by atoms with van der Waals surface area (Å²) in [6.45, 7) is 2.50. The number of thiophene rings is 1. The van der Waals surface area contributed by atoms with Gasteiger partial charge in [-0.25, -0.2) is 0 Å². The molecule has 130 valence electrons. The van der Waals surface area contributed by atoms with Crippen molar-refractivity contribution >= 4 is 48.6 Å². The topological polar surface area (TPSA) is 51.4 Å². The van der Waals surface area contributed by atoms with Crippen LogP contribution >= 0.6 is 38.6 Å². The standard InChI is InChI=1S/C17H15BrN2O2S3/c1-2-3-10-20-15(13-6-8-14(18)9-7-13)12-24-17(20)19-25(21,22)16-5-4-11-23-16/h2-9,11-12H,10H2,1H3/b3-2-,19-17?. The third kappa shape index (κ3) is 4.20. The summed E-state index contributed by atoms with van der Waals surface area (Å²) >= 11 is 5.93. The van der Waals surface area contributed by atoms with Gasteiger partial charge in [-0.1, -0.05) is 46.3 Å². The lowest BCUT2D eigenvalue weighted by Gasteiger charge is -2.07. The number of halogens is 1. The zero-order chi connectivity index (χ0) is 17.9. The summed E-state index contributed by atoms with van der Waals surface area (Å²) in [5.74, 6) is 0. The quantitative estimate of drug-likeness (QED) is 0.514. The molecule has 0 amide bonds. The summed E-state index contributed by atoms with van der Waals surface area (Å²) < 4.78 is 32.2. The van der Waals surface area contributed by atoms with Crippen LogP contribution in [0.2, 0.25) is 0 Å². The Kier molecular flexibility index (Phi) is 5.73. The highest BCUT2D eigenvalue weighted by Gasteiger charge is 2.15. The first-order valence-electron chi connectivity index (χ1n) is 7.41. The summed E-state index contributed by atoms with van der Waals surface area (Å²) in [6, 6.07) is 11.2. The maximum Gasteiger partial charge on any atom is 0.294 e. The molecule has 0 fully saturated rings. The number of thiazole rings is 1. The number of sulfonamides is 1. The van der Waals surface area contributed by atoms with Gasteiger partial charge in [-0.15, -0.1) is 27.1 Å². The van der Waals surface area contributed by atoms with Gasteiger partial charge < -0.3 is 4.57 Å². The van der Waals surface area contributed by atoms with Crippen molar-refractivity contribution in [3.63, 3.8) is 0 Å². The van der Waals surface area contributed by atoms with Crippen molar-refractivity contribution in [2.24, 2.45) is 4.40 Å². The van der Waals surface area contributed by atoms with E-state index < -0.39 is 10.0 Å². The van der Waals surface area contributed by atoms with Crippen molar-refractivity contribution in [1.29, 1.82) is 0 Å². The molecule has 3 rings (SSSR count). The van der Waals surface area contributed by atoms with Crippen LogP contribution in [0.4, 0.5) is 0 Å². The molecule has 0 aliphatic heterocycles. The average Bonchev–Trinajstić information content (AvgIpc) is 3.24. The molecule has 0 atom stereocenters. The monoisotopic (exact) mass is 454 g/mol. The van der Waals surface area contributed by atoms with Gasteiger partial charge in [0.15, 0.2) is 0 Å². The molecule has 25 heavy (non-hydrogen) atoms. The first kappa shape index (κ1) is 18.3. The summed E-state index contributed by atoms with van der Waals surface area (Å²) in [5.41, 5.74) is 1.95. The fourth-order valence-corrected chi connectivity index (χ4v) is 5.57. The van der Waals surface area contributed by atoms with E-state index in [9.17, 15) is 8.42 Å². The third-order valence-corrected chi connectivity index (χ3v) is 7.56. The van der Waals surface area contributed by atoms with Gasteiger partial charge in [0.1, 0.15) is 4.21 Å². The Bertz CT molecular complexity index is 1040. The fourth-order valence-electron chi connectivity index (χ4n) is 2.20. The molecule has 0 spiro atoms. The Hall–Kier alpha value is -1.48. The maximum absolute atomic E-state index is 12.5. The number of allylic oxidation sites excluding steroid dienone is 2. The van der Waals surface area contributed by atoms with E-state index in [2.05, 4.69) is 20.3 Å². The second-order valence-electron chi connectivity index (χ2n) is 5.09. The Morgan fingerprint density at radius 2 is 1.96 bits per heavy atom. The molecule has 0 radical (unpaired) electrons. The second-order valence-corrected chi connectivity index (χ2v) is 9.62. The van der Waals surface area contributed by atoms with Gasteiger partial charge >= 0.3 is 0 Å². The summed E-state index contributed by atoms with van der Waals surface area (Å²) in [7, 11) is -3.69. The predicted octanol–water partition coefficient (Wildman–Crippen LogP) is 4.91. The normalized spacial score (nSPS) is 13.0. The Labute approximate surface area is 163 Å². The molecule has 0 aliphatic carbocycles. The molecule has 0 saturated heterocycles. The van der Waals surface area contributed by atoms with E-state index in [4.69, 9.17) is 0 Å². The smallest absolute Gasteiger partial charge is 0.294 e. The molecular formula is C17H15BrN2O2S3. The Morgan fingerprint density at radius 1 is 1.20 bits per heavy atom. The number of aromatic nitrogens is 1. The molecule has 0 saturated carbocycles. The lowest BCUT2D eigenvalue weighted by molar-refractivity contribution is 0.597. The van der Waals surface area contributed by atoms with E-state index >= 15 is 0 Å². The van der Waals surface area contributed by atoms with Gasteiger partial charge in [-0.05, 0) is 36.1 Å². The van der Waals surface area contributed by atoms with Crippen LogP contribution in [0.25, 0.3) is 11.3 Å². The Morgan fingerprint density at radius 3 is 2.60 bits per heavy atom. The van der Waals surface area contributed by atoms with Crippen LogP contribution in [0.1, 0.15) is 6.92 Å². The van der Waals surface area contributed by atoms with E-state index in [-0.39, 0.29) is 4.21 Å². The molecule has 0 bridgehead atoms. The highest BCUT2D eigenvalue weighted by atomic mass is 79.9. The fraction of sp³-hybridized carbons (Fsp3) is 0.118.